The fourth-order valence-corrected chi connectivity index (χ4v) is 2.26. The van der Waals surface area contributed by atoms with Gasteiger partial charge in [-0.2, -0.15) is 5.10 Å². The molecule has 0 unspecified atom stereocenters. The van der Waals surface area contributed by atoms with Crippen LogP contribution in [0.4, 0.5) is 5.82 Å². The maximum atomic E-state index is 11.6. The van der Waals surface area contributed by atoms with E-state index in [-0.39, 0.29) is 18.3 Å². The fraction of sp³-hybridized carbons (Fsp3) is 0.286. The lowest BCUT2D eigenvalue weighted by Crippen LogP contribution is -2.17. The van der Waals surface area contributed by atoms with Gasteiger partial charge in [0.25, 0.3) is 0 Å². The van der Waals surface area contributed by atoms with E-state index >= 15 is 0 Å². The van der Waals surface area contributed by atoms with Gasteiger partial charge in [0.1, 0.15) is 0 Å². The standard InChI is InChI=1S/C14H17BrN4O.ClH/c1-2-11-13(9-3-5-10(15)6-4-9)18-19-14(11)17-12(20)7-8-16;/h3-6H,2,7-8,16H2,1H3,(H2,17,18,19,20);1H. The second-order valence-electron chi connectivity index (χ2n) is 4.37. The molecule has 0 bridgehead atoms. The SMILES string of the molecule is CCc1c(NC(=O)CCN)n[nH]c1-c1ccc(Br)cc1.Cl. The zero-order chi connectivity index (χ0) is 14.5. The van der Waals surface area contributed by atoms with Gasteiger partial charge in [-0.3, -0.25) is 9.89 Å². The molecule has 0 saturated carbocycles. The molecule has 1 amide bonds. The second-order valence-corrected chi connectivity index (χ2v) is 5.29. The van der Waals surface area contributed by atoms with Crippen LogP contribution in [0.25, 0.3) is 11.3 Å². The quantitative estimate of drug-likeness (QED) is 0.753. The minimum Gasteiger partial charge on any atom is -0.330 e. The zero-order valence-electron chi connectivity index (χ0n) is 11.6. The van der Waals surface area contributed by atoms with Crippen LogP contribution < -0.4 is 11.1 Å². The fourth-order valence-electron chi connectivity index (χ4n) is 1.99. The first-order valence-corrected chi connectivity index (χ1v) is 7.28. The molecule has 21 heavy (non-hydrogen) atoms. The van der Waals surface area contributed by atoms with Gasteiger partial charge < -0.3 is 11.1 Å². The lowest BCUT2D eigenvalue weighted by molar-refractivity contribution is -0.116. The molecule has 7 heteroatoms. The van der Waals surface area contributed by atoms with E-state index in [4.69, 9.17) is 5.73 Å². The molecular weight excluding hydrogens is 356 g/mol. The van der Waals surface area contributed by atoms with Gasteiger partial charge in [0.2, 0.25) is 5.91 Å². The van der Waals surface area contributed by atoms with Gasteiger partial charge in [-0.15, -0.1) is 12.4 Å². The summed E-state index contributed by atoms with van der Waals surface area (Å²) in [5, 5.41) is 9.99. The number of anilines is 1. The first-order valence-electron chi connectivity index (χ1n) is 6.48. The predicted molar refractivity (Wildman–Crippen MR) is 90.7 cm³/mol. The molecule has 2 rings (SSSR count). The minimum atomic E-state index is -0.115. The Hall–Kier alpha value is -1.37. The summed E-state index contributed by atoms with van der Waals surface area (Å²) in [6, 6.07) is 7.95. The van der Waals surface area contributed by atoms with Gasteiger partial charge in [0.05, 0.1) is 5.69 Å². The van der Waals surface area contributed by atoms with Crippen LogP contribution in [-0.2, 0) is 11.2 Å². The number of hydrogen-bond acceptors (Lipinski definition) is 3. The third kappa shape index (κ3) is 4.30. The van der Waals surface area contributed by atoms with E-state index in [1.165, 1.54) is 0 Å². The number of carbonyl (C=O) groups excluding carboxylic acids is 1. The number of hydrogen-bond donors (Lipinski definition) is 3. The Labute approximate surface area is 138 Å². The van der Waals surface area contributed by atoms with Crippen LogP contribution in [0.15, 0.2) is 28.7 Å². The number of rotatable bonds is 5. The summed E-state index contributed by atoms with van der Waals surface area (Å²) < 4.78 is 1.02. The van der Waals surface area contributed by atoms with Crippen molar-refractivity contribution in [3.05, 3.63) is 34.3 Å². The van der Waals surface area contributed by atoms with Gasteiger partial charge in [0.15, 0.2) is 5.82 Å². The van der Waals surface area contributed by atoms with Crippen LogP contribution in [0.2, 0.25) is 0 Å². The number of benzene rings is 1. The Morgan fingerprint density at radius 3 is 2.62 bits per heavy atom. The molecule has 1 aromatic carbocycles. The monoisotopic (exact) mass is 372 g/mol. The highest BCUT2D eigenvalue weighted by Gasteiger charge is 2.14. The smallest absolute Gasteiger partial charge is 0.226 e. The van der Waals surface area contributed by atoms with Gasteiger partial charge in [-0.1, -0.05) is 35.0 Å². The molecular formula is C14H18BrClN4O. The average Bonchev–Trinajstić information content (AvgIpc) is 2.82. The van der Waals surface area contributed by atoms with E-state index < -0.39 is 0 Å². The maximum absolute atomic E-state index is 11.6. The number of nitrogens with one attached hydrogen (secondary N) is 2. The van der Waals surface area contributed by atoms with E-state index in [1.807, 2.05) is 31.2 Å². The summed E-state index contributed by atoms with van der Waals surface area (Å²) in [5.41, 5.74) is 8.34. The topological polar surface area (TPSA) is 83.8 Å². The molecule has 1 heterocycles. The summed E-state index contributed by atoms with van der Waals surface area (Å²) in [7, 11) is 0. The summed E-state index contributed by atoms with van der Waals surface area (Å²) in [6.45, 7) is 2.36. The van der Waals surface area contributed by atoms with Gasteiger partial charge in [-0.05, 0) is 24.1 Å². The molecule has 0 radical (unpaired) electrons. The second kappa shape index (κ2) is 8.17. The number of nitrogens with two attached hydrogens (primary N) is 1. The number of aromatic amines is 1. The molecule has 114 valence electrons. The summed E-state index contributed by atoms with van der Waals surface area (Å²) in [4.78, 5) is 11.6. The van der Waals surface area contributed by atoms with Crippen LogP contribution in [-0.4, -0.2) is 22.6 Å². The molecule has 0 spiro atoms. The van der Waals surface area contributed by atoms with Gasteiger partial charge >= 0.3 is 0 Å². The Morgan fingerprint density at radius 1 is 1.38 bits per heavy atom. The van der Waals surface area contributed by atoms with Crippen molar-refractivity contribution in [2.45, 2.75) is 19.8 Å². The van der Waals surface area contributed by atoms with Crippen molar-refractivity contribution in [3.8, 4) is 11.3 Å². The average molecular weight is 374 g/mol. The van der Waals surface area contributed by atoms with Gasteiger partial charge in [0, 0.05) is 23.0 Å². The molecule has 0 fully saturated rings. The third-order valence-electron chi connectivity index (χ3n) is 2.98. The number of aromatic nitrogens is 2. The van der Waals surface area contributed by atoms with E-state index in [1.54, 1.807) is 0 Å². The number of halogens is 2. The van der Waals surface area contributed by atoms with Crippen molar-refractivity contribution in [1.82, 2.24) is 10.2 Å². The number of nitrogens with zero attached hydrogens (tertiary/aromatic N) is 1. The highest BCUT2D eigenvalue weighted by Crippen LogP contribution is 2.28. The first kappa shape index (κ1) is 17.7. The Morgan fingerprint density at radius 2 is 2.05 bits per heavy atom. The van der Waals surface area contributed by atoms with Crippen molar-refractivity contribution in [3.63, 3.8) is 0 Å². The highest BCUT2D eigenvalue weighted by atomic mass is 79.9. The largest absolute Gasteiger partial charge is 0.330 e. The van der Waals surface area contributed by atoms with E-state index in [0.717, 1.165) is 27.7 Å². The number of carbonyl (C=O) groups is 1. The van der Waals surface area contributed by atoms with Crippen molar-refractivity contribution in [2.75, 3.05) is 11.9 Å². The molecule has 0 atom stereocenters. The Balaban J connectivity index is 0.00000220. The molecule has 4 N–H and O–H groups in total. The lowest BCUT2D eigenvalue weighted by Gasteiger charge is -2.05. The molecule has 0 aliphatic carbocycles. The van der Waals surface area contributed by atoms with E-state index in [2.05, 4.69) is 31.4 Å². The predicted octanol–water partition coefficient (Wildman–Crippen LogP) is 3.11. The van der Waals surface area contributed by atoms with Crippen LogP contribution >= 0.6 is 28.3 Å². The van der Waals surface area contributed by atoms with Crippen LogP contribution in [0.1, 0.15) is 18.9 Å². The molecule has 2 aromatic rings. The minimum absolute atomic E-state index is 0. The highest BCUT2D eigenvalue weighted by molar-refractivity contribution is 9.10. The molecule has 1 aromatic heterocycles. The summed E-state index contributed by atoms with van der Waals surface area (Å²) in [6.07, 6.45) is 1.07. The number of H-pyrrole nitrogens is 1. The van der Waals surface area contributed by atoms with Crippen molar-refractivity contribution < 1.29 is 4.79 Å². The molecule has 0 aliphatic rings. The molecule has 0 saturated heterocycles. The summed E-state index contributed by atoms with van der Waals surface area (Å²) in [5.74, 6) is 0.472. The summed E-state index contributed by atoms with van der Waals surface area (Å²) >= 11 is 3.41. The first-order chi connectivity index (χ1) is 9.65. The number of amides is 1. The van der Waals surface area contributed by atoms with Crippen molar-refractivity contribution >= 4 is 40.1 Å². The molecule has 5 nitrogen and oxygen atoms in total. The lowest BCUT2D eigenvalue weighted by atomic mass is 10.1. The van der Waals surface area contributed by atoms with Crippen molar-refractivity contribution in [1.29, 1.82) is 0 Å². The Kier molecular flexibility index (Phi) is 6.87. The van der Waals surface area contributed by atoms with E-state index in [0.29, 0.717) is 18.8 Å². The zero-order valence-corrected chi connectivity index (χ0v) is 14.1. The van der Waals surface area contributed by atoms with Crippen LogP contribution in [0, 0.1) is 0 Å². The van der Waals surface area contributed by atoms with Crippen LogP contribution in [0.3, 0.4) is 0 Å². The van der Waals surface area contributed by atoms with Crippen molar-refractivity contribution in [2.24, 2.45) is 5.73 Å². The normalized spacial score (nSPS) is 10.0. The van der Waals surface area contributed by atoms with E-state index in [9.17, 15) is 4.79 Å². The van der Waals surface area contributed by atoms with Crippen LogP contribution in [0.5, 0.6) is 0 Å². The maximum Gasteiger partial charge on any atom is 0.226 e. The third-order valence-corrected chi connectivity index (χ3v) is 3.51. The van der Waals surface area contributed by atoms with Gasteiger partial charge in [-0.25, -0.2) is 0 Å². The Bertz CT molecular complexity index is 598. The molecule has 0 aliphatic heterocycles.